The number of carbonyl (C=O) groups excluding carboxylic acids is 1. The number of aryl methyl sites for hydroxylation is 1. The molecule has 0 saturated heterocycles. The van der Waals surface area contributed by atoms with Crippen LogP contribution < -0.4 is 0 Å². The average molecular weight is 306 g/mol. The van der Waals surface area contributed by atoms with E-state index in [-0.39, 0.29) is 17.7 Å². The second kappa shape index (κ2) is 5.48. The first kappa shape index (κ1) is 13.5. The maximum absolute atomic E-state index is 11.5. The van der Waals surface area contributed by atoms with Crippen molar-refractivity contribution in [2.24, 2.45) is 0 Å². The van der Waals surface area contributed by atoms with Gasteiger partial charge in [-0.15, -0.1) is 15.3 Å². The van der Waals surface area contributed by atoms with Gasteiger partial charge in [-0.3, -0.25) is 4.40 Å². The Bertz CT molecular complexity index is 798. The Morgan fingerprint density at radius 3 is 3.05 bits per heavy atom. The molecule has 0 spiro atoms. The highest BCUT2D eigenvalue weighted by Gasteiger charge is 2.18. The summed E-state index contributed by atoms with van der Waals surface area (Å²) in [5, 5.41) is 16.2. The van der Waals surface area contributed by atoms with E-state index in [2.05, 4.69) is 25.4 Å². The van der Waals surface area contributed by atoms with Gasteiger partial charge in [0.25, 0.3) is 5.22 Å². The number of esters is 1. The van der Waals surface area contributed by atoms with Crippen LogP contribution in [0.15, 0.2) is 27.1 Å². The number of carbonyl (C=O) groups is 1. The molecule has 3 aromatic heterocycles. The fourth-order valence-corrected chi connectivity index (χ4v) is 2.31. The zero-order valence-electron chi connectivity index (χ0n) is 11.2. The van der Waals surface area contributed by atoms with E-state index in [0.29, 0.717) is 10.7 Å². The number of rotatable bonds is 4. The summed E-state index contributed by atoms with van der Waals surface area (Å²) >= 11 is 1.10. The summed E-state index contributed by atoms with van der Waals surface area (Å²) in [6.07, 6.45) is 3.38. The van der Waals surface area contributed by atoms with Crippen molar-refractivity contribution in [2.45, 2.75) is 24.1 Å². The molecule has 0 N–H and O–H groups in total. The third kappa shape index (κ3) is 2.57. The van der Waals surface area contributed by atoms with E-state index < -0.39 is 5.97 Å². The minimum atomic E-state index is -0.652. The van der Waals surface area contributed by atoms with Gasteiger partial charge in [0, 0.05) is 12.4 Å². The highest BCUT2D eigenvalue weighted by molar-refractivity contribution is 7.99. The van der Waals surface area contributed by atoms with Crippen molar-refractivity contribution in [1.29, 1.82) is 0 Å². The molecule has 0 amide bonds. The summed E-state index contributed by atoms with van der Waals surface area (Å²) in [7, 11) is 0. The average Bonchev–Trinajstić information content (AvgIpc) is 3.08. The monoisotopic (exact) mass is 306 g/mol. The quantitative estimate of drug-likeness (QED) is 0.655. The summed E-state index contributed by atoms with van der Waals surface area (Å²) in [5.74, 6) is -0.0997. The topological polar surface area (TPSA) is 108 Å². The second-order valence-corrected chi connectivity index (χ2v) is 4.81. The number of nitrogens with zero attached hydrogens (tertiary/aromatic N) is 6. The number of hydrogen-bond donors (Lipinski definition) is 0. The molecule has 0 aliphatic heterocycles. The Morgan fingerprint density at radius 2 is 2.24 bits per heavy atom. The molecule has 0 radical (unpaired) electrons. The van der Waals surface area contributed by atoms with Crippen LogP contribution in [0.25, 0.3) is 5.65 Å². The van der Waals surface area contributed by atoms with Crippen LogP contribution >= 0.6 is 11.8 Å². The second-order valence-electron chi connectivity index (χ2n) is 3.87. The maximum atomic E-state index is 11.5. The Balaban J connectivity index is 1.87. The van der Waals surface area contributed by atoms with Crippen molar-refractivity contribution in [3.05, 3.63) is 24.1 Å². The van der Waals surface area contributed by atoms with E-state index >= 15 is 0 Å². The fourth-order valence-electron chi connectivity index (χ4n) is 1.60. The maximum Gasteiger partial charge on any atom is 0.396 e. The van der Waals surface area contributed by atoms with Crippen molar-refractivity contribution < 1.29 is 13.9 Å². The van der Waals surface area contributed by atoms with Gasteiger partial charge in [-0.05, 0) is 25.6 Å². The van der Waals surface area contributed by atoms with Crippen molar-refractivity contribution in [1.82, 2.24) is 29.8 Å². The molecule has 0 aliphatic rings. The Hall–Kier alpha value is -2.49. The van der Waals surface area contributed by atoms with Crippen molar-refractivity contribution in [3.8, 4) is 0 Å². The molecule has 3 rings (SSSR count). The van der Waals surface area contributed by atoms with Crippen LogP contribution in [-0.2, 0) is 4.74 Å². The molecule has 108 valence electrons. The SMILES string of the molecule is CCOC(=O)c1nnc(Sc2nccn3c(C)nnc23)o1. The fraction of sp³-hybridized carbons (Fsp3) is 0.273. The third-order valence-electron chi connectivity index (χ3n) is 2.51. The van der Waals surface area contributed by atoms with Gasteiger partial charge in [0.2, 0.25) is 0 Å². The van der Waals surface area contributed by atoms with Crippen LogP contribution in [0.4, 0.5) is 0 Å². The first-order valence-corrected chi connectivity index (χ1v) is 6.85. The molecule has 0 unspecified atom stereocenters. The molecule has 0 aromatic carbocycles. The standard InChI is InChI=1S/C11H10N6O3S/c1-3-19-10(18)8-15-16-11(20-8)21-9-7-14-13-6(2)17(7)5-4-12-9/h4-5H,3H2,1-2H3. The zero-order valence-corrected chi connectivity index (χ0v) is 12.0. The van der Waals surface area contributed by atoms with Crippen LogP contribution in [0.2, 0.25) is 0 Å². The predicted molar refractivity (Wildman–Crippen MR) is 69.9 cm³/mol. The number of aromatic nitrogens is 6. The van der Waals surface area contributed by atoms with Gasteiger partial charge in [-0.1, -0.05) is 5.10 Å². The Labute approximate surface area is 122 Å². The van der Waals surface area contributed by atoms with Crippen molar-refractivity contribution in [3.63, 3.8) is 0 Å². The molecular formula is C11H10N6O3S. The highest BCUT2D eigenvalue weighted by Crippen LogP contribution is 2.27. The van der Waals surface area contributed by atoms with Crippen LogP contribution in [-0.4, -0.2) is 42.4 Å². The van der Waals surface area contributed by atoms with Gasteiger partial charge in [0.05, 0.1) is 6.61 Å². The molecule has 3 aromatic rings. The highest BCUT2D eigenvalue weighted by atomic mass is 32.2. The Kier molecular flexibility index (Phi) is 3.52. The van der Waals surface area contributed by atoms with E-state index in [0.717, 1.165) is 17.6 Å². The van der Waals surface area contributed by atoms with Gasteiger partial charge >= 0.3 is 11.9 Å². The van der Waals surface area contributed by atoms with Gasteiger partial charge < -0.3 is 9.15 Å². The van der Waals surface area contributed by atoms with Gasteiger partial charge in [-0.2, -0.15) is 0 Å². The summed E-state index contributed by atoms with van der Waals surface area (Å²) in [6.45, 7) is 3.77. The zero-order chi connectivity index (χ0) is 14.8. The molecule has 0 saturated carbocycles. The molecule has 0 aliphatic carbocycles. The van der Waals surface area contributed by atoms with Gasteiger partial charge in [0.15, 0.2) is 10.7 Å². The normalized spacial score (nSPS) is 11.0. The summed E-state index contributed by atoms with van der Waals surface area (Å²) in [5.41, 5.74) is 0.580. The van der Waals surface area contributed by atoms with E-state index in [1.54, 1.807) is 23.7 Å². The molecule has 0 bridgehead atoms. The first-order valence-electron chi connectivity index (χ1n) is 6.04. The van der Waals surface area contributed by atoms with Gasteiger partial charge in [0.1, 0.15) is 5.82 Å². The molecule has 9 nitrogen and oxygen atoms in total. The minimum absolute atomic E-state index is 0.180. The van der Waals surface area contributed by atoms with Gasteiger partial charge in [-0.25, -0.2) is 9.78 Å². The lowest BCUT2D eigenvalue weighted by molar-refractivity contribution is 0.0475. The van der Waals surface area contributed by atoms with E-state index in [1.807, 2.05) is 6.92 Å². The summed E-state index contributed by atoms with van der Waals surface area (Å²) in [4.78, 5) is 15.7. The smallest absolute Gasteiger partial charge is 0.396 e. The van der Waals surface area contributed by atoms with E-state index in [4.69, 9.17) is 9.15 Å². The van der Waals surface area contributed by atoms with Crippen molar-refractivity contribution >= 4 is 23.4 Å². The molecule has 21 heavy (non-hydrogen) atoms. The third-order valence-corrected chi connectivity index (χ3v) is 3.33. The Morgan fingerprint density at radius 1 is 1.38 bits per heavy atom. The number of ether oxygens (including phenoxy) is 1. The van der Waals surface area contributed by atoms with E-state index in [9.17, 15) is 4.79 Å². The molecule has 0 atom stereocenters. The number of fused-ring (bicyclic) bond motifs is 1. The minimum Gasteiger partial charge on any atom is -0.459 e. The lowest BCUT2D eigenvalue weighted by atomic mass is 10.6. The summed E-state index contributed by atoms with van der Waals surface area (Å²) < 4.78 is 11.8. The lowest BCUT2D eigenvalue weighted by Crippen LogP contribution is -2.04. The predicted octanol–water partition coefficient (Wildman–Crippen LogP) is 1.14. The first-order chi connectivity index (χ1) is 10.2. The molecule has 3 heterocycles. The number of hydrogen-bond acceptors (Lipinski definition) is 9. The summed E-state index contributed by atoms with van der Waals surface area (Å²) in [6, 6.07) is 0. The molecule has 10 heteroatoms. The van der Waals surface area contributed by atoms with Crippen LogP contribution in [0.3, 0.4) is 0 Å². The molecule has 0 fully saturated rings. The lowest BCUT2D eigenvalue weighted by Gasteiger charge is -1.98. The largest absolute Gasteiger partial charge is 0.459 e. The van der Waals surface area contributed by atoms with Crippen LogP contribution in [0, 0.1) is 6.92 Å². The van der Waals surface area contributed by atoms with Crippen LogP contribution in [0.5, 0.6) is 0 Å². The van der Waals surface area contributed by atoms with E-state index in [1.165, 1.54) is 0 Å². The van der Waals surface area contributed by atoms with Crippen LogP contribution in [0.1, 0.15) is 23.4 Å². The molecular weight excluding hydrogens is 296 g/mol. The van der Waals surface area contributed by atoms with Crippen molar-refractivity contribution in [2.75, 3.05) is 6.61 Å².